The number of amides is 2. The van der Waals surface area contributed by atoms with Crippen molar-refractivity contribution in [1.82, 2.24) is 15.3 Å². The first-order valence-corrected chi connectivity index (χ1v) is 9.35. The molecule has 28 heavy (non-hydrogen) atoms. The number of aromatic nitrogens is 2. The number of carbonyl (C=O) groups excluding carboxylic acids is 2. The van der Waals surface area contributed by atoms with Crippen LogP contribution in [0, 0.1) is 11.7 Å². The van der Waals surface area contributed by atoms with Crippen molar-refractivity contribution in [3.63, 3.8) is 0 Å². The van der Waals surface area contributed by atoms with E-state index in [2.05, 4.69) is 15.3 Å². The third-order valence-electron chi connectivity index (χ3n) is 5.43. The van der Waals surface area contributed by atoms with Crippen molar-refractivity contribution >= 4 is 22.7 Å². The third kappa shape index (κ3) is 3.47. The molecule has 1 aliphatic rings. The van der Waals surface area contributed by atoms with Crippen molar-refractivity contribution in [2.24, 2.45) is 11.7 Å². The molecule has 1 saturated carbocycles. The number of rotatable bonds is 4. The standard InChI is InChI=1S/C21H21FN4O2/c22-17-11-25-18(16-9-10-24-19(16)17)12-1-3-14(4-2-12)21(28)26-15-7-5-13(6-8-15)20(23)27/h1-4,9-11,13,15,24H,5-8H2,(H2,23,27)(H,26,28)/t13-,15-. The van der Waals surface area contributed by atoms with Crippen LogP contribution in [0.2, 0.25) is 0 Å². The van der Waals surface area contributed by atoms with Crippen molar-refractivity contribution in [3.05, 3.63) is 54.1 Å². The van der Waals surface area contributed by atoms with Gasteiger partial charge in [0.2, 0.25) is 5.91 Å². The molecule has 1 fully saturated rings. The van der Waals surface area contributed by atoms with Gasteiger partial charge in [-0.05, 0) is 43.9 Å². The Morgan fingerprint density at radius 1 is 1.11 bits per heavy atom. The van der Waals surface area contributed by atoms with Crippen LogP contribution in [0.15, 0.2) is 42.7 Å². The average molecular weight is 380 g/mol. The zero-order valence-corrected chi connectivity index (χ0v) is 15.2. The molecular weight excluding hydrogens is 359 g/mol. The molecule has 0 unspecified atom stereocenters. The summed E-state index contributed by atoms with van der Waals surface area (Å²) in [5.74, 6) is -0.883. The predicted molar refractivity (Wildman–Crippen MR) is 104 cm³/mol. The number of nitrogens with zero attached hydrogens (tertiary/aromatic N) is 1. The molecule has 0 saturated heterocycles. The molecule has 0 spiro atoms. The van der Waals surface area contributed by atoms with Gasteiger partial charge in [-0.2, -0.15) is 0 Å². The van der Waals surface area contributed by atoms with Crippen molar-refractivity contribution in [2.45, 2.75) is 31.7 Å². The molecule has 0 atom stereocenters. The van der Waals surface area contributed by atoms with E-state index in [0.29, 0.717) is 35.0 Å². The van der Waals surface area contributed by atoms with Gasteiger partial charge in [-0.25, -0.2) is 4.39 Å². The number of nitrogens with one attached hydrogen (secondary N) is 2. The number of benzene rings is 1. The van der Waals surface area contributed by atoms with Gasteiger partial charge in [0.15, 0.2) is 5.82 Å². The predicted octanol–water partition coefficient (Wildman–Crippen LogP) is 3.14. The number of H-pyrrole nitrogens is 1. The van der Waals surface area contributed by atoms with Crippen LogP contribution >= 0.6 is 0 Å². The Bertz CT molecular complexity index is 1020. The summed E-state index contributed by atoms with van der Waals surface area (Å²) in [4.78, 5) is 30.8. The normalized spacial score (nSPS) is 19.5. The lowest BCUT2D eigenvalue weighted by Gasteiger charge is -2.27. The van der Waals surface area contributed by atoms with Gasteiger partial charge < -0.3 is 16.0 Å². The smallest absolute Gasteiger partial charge is 0.251 e. The van der Waals surface area contributed by atoms with E-state index in [9.17, 15) is 14.0 Å². The Labute approximate surface area is 161 Å². The SMILES string of the molecule is NC(=O)[C@H]1CC[C@H](NC(=O)c2ccc(-c3ncc(F)c4[nH]ccc34)cc2)CC1. The molecule has 4 rings (SSSR count). The van der Waals surface area contributed by atoms with Crippen molar-refractivity contribution in [1.29, 1.82) is 0 Å². The summed E-state index contributed by atoms with van der Waals surface area (Å²) < 4.78 is 13.8. The molecule has 0 bridgehead atoms. The van der Waals surface area contributed by atoms with E-state index in [-0.39, 0.29) is 23.8 Å². The fraction of sp³-hybridized carbons (Fsp3) is 0.286. The molecule has 144 valence electrons. The molecule has 2 amide bonds. The van der Waals surface area contributed by atoms with E-state index in [0.717, 1.165) is 18.4 Å². The van der Waals surface area contributed by atoms with Crippen molar-refractivity contribution < 1.29 is 14.0 Å². The fourth-order valence-electron chi connectivity index (χ4n) is 3.82. The van der Waals surface area contributed by atoms with Gasteiger partial charge in [-0.1, -0.05) is 12.1 Å². The molecular formula is C21H21FN4O2. The van der Waals surface area contributed by atoms with Gasteiger partial charge in [0.1, 0.15) is 0 Å². The maximum atomic E-state index is 13.8. The number of fused-ring (bicyclic) bond motifs is 1. The van der Waals surface area contributed by atoms with E-state index in [1.807, 2.05) is 12.1 Å². The highest BCUT2D eigenvalue weighted by atomic mass is 19.1. The summed E-state index contributed by atoms with van der Waals surface area (Å²) in [6, 6.07) is 8.94. The first kappa shape index (κ1) is 18.2. The second-order valence-electron chi connectivity index (χ2n) is 7.22. The Morgan fingerprint density at radius 2 is 1.82 bits per heavy atom. The van der Waals surface area contributed by atoms with Gasteiger partial charge in [0.05, 0.1) is 17.4 Å². The molecule has 0 radical (unpaired) electrons. The van der Waals surface area contributed by atoms with E-state index in [4.69, 9.17) is 5.73 Å². The summed E-state index contributed by atoms with van der Waals surface area (Å²) in [6.45, 7) is 0. The average Bonchev–Trinajstić information content (AvgIpc) is 3.20. The lowest BCUT2D eigenvalue weighted by molar-refractivity contribution is -0.122. The number of pyridine rings is 1. The minimum absolute atomic E-state index is 0.0565. The zero-order valence-electron chi connectivity index (χ0n) is 15.2. The molecule has 4 N–H and O–H groups in total. The van der Waals surface area contributed by atoms with Gasteiger partial charge in [-0.15, -0.1) is 0 Å². The quantitative estimate of drug-likeness (QED) is 0.648. The third-order valence-corrected chi connectivity index (χ3v) is 5.43. The maximum absolute atomic E-state index is 13.8. The summed E-state index contributed by atoms with van der Waals surface area (Å²) in [5, 5.41) is 3.72. The Balaban J connectivity index is 1.46. The molecule has 2 aromatic heterocycles. The van der Waals surface area contributed by atoms with E-state index < -0.39 is 5.82 Å². The summed E-state index contributed by atoms with van der Waals surface area (Å²) >= 11 is 0. The highest BCUT2D eigenvalue weighted by Gasteiger charge is 2.25. The number of carbonyl (C=O) groups is 2. The van der Waals surface area contributed by atoms with Crippen molar-refractivity contribution in [3.8, 4) is 11.3 Å². The van der Waals surface area contributed by atoms with Gasteiger partial charge in [0, 0.05) is 34.7 Å². The van der Waals surface area contributed by atoms with Gasteiger partial charge in [0.25, 0.3) is 5.91 Å². The van der Waals surface area contributed by atoms with Gasteiger partial charge in [-0.3, -0.25) is 14.6 Å². The van der Waals surface area contributed by atoms with Crippen LogP contribution in [-0.2, 0) is 4.79 Å². The molecule has 1 aromatic carbocycles. The highest BCUT2D eigenvalue weighted by molar-refractivity contribution is 5.96. The van der Waals surface area contributed by atoms with Gasteiger partial charge >= 0.3 is 0 Å². The molecule has 3 aromatic rings. The van der Waals surface area contributed by atoms with E-state index >= 15 is 0 Å². The van der Waals surface area contributed by atoms with Crippen LogP contribution < -0.4 is 11.1 Å². The number of aromatic amines is 1. The Kier molecular flexibility index (Phi) is 4.81. The largest absolute Gasteiger partial charge is 0.369 e. The number of primary amides is 1. The number of nitrogens with two attached hydrogens (primary N) is 1. The number of hydrogen-bond acceptors (Lipinski definition) is 3. The Morgan fingerprint density at radius 3 is 2.50 bits per heavy atom. The second-order valence-corrected chi connectivity index (χ2v) is 7.22. The summed E-state index contributed by atoms with van der Waals surface area (Å²) in [6.07, 6.45) is 5.79. The van der Waals surface area contributed by atoms with Crippen LogP contribution in [-0.4, -0.2) is 27.8 Å². The maximum Gasteiger partial charge on any atom is 0.251 e. The van der Waals surface area contributed by atoms with Crippen molar-refractivity contribution in [2.75, 3.05) is 0 Å². The van der Waals surface area contributed by atoms with Crippen LogP contribution in [0.4, 0.5) is 4.39 Å². The fourth-order valence-corrected chi connectivity index (χ4v) is 3.82. The van der Waals surface area contributed by atoms with E-state index in [1.165, 1.54) is 6.20 Å². The topological polar surface area (TPSA) is 101 Å². The highest BCUT2D eigenvalue weighted by Crippen LogP contribution is 2.28. The molecule has 1 aliphatic carbocycles. The van der Waals surface area contributed by atoms with Crippen LogP contribution in [0.1, 0.15) is 36.0 Å². The lowest BCUT2D eigenvalue weighted by Crippen LogP contribution is -2.39. The Hall–Kier alpha value is -3.22. The minimum atomic E-state index is -0.397. The molecule has 2 heterocycles. The first-order valence-electron chi connectivity index (χ1n) is 9.35. The number of halogens is 1. The monoisotopic (exact) mass is 380 g/mol. The number of hydrogen-bond donors (Lipinski definition) is 3. The minimum Gasteiger partial charge on any atom is -0.369 e. The summed E-state index contributed by atoms with van der Waals surface area (Å²) in [5.41, 5.74) is 7.78. The molecule has 7 heteroatoms. The summed E-state index contributed by atoms with van der Waals surface area (Å²) in [7, 11) is 0. The van der Waals surface area contributed by atoms with Crippen LogP contribution in [0.25, 0.3) is 22.2 Å². The molecule has 0 aliphatic heterocycles. The first-order chi connectivity index (χ1) is 13.5. The lowest BCUT2D eigenvalue weighted by atomic mass is 9.85. The van der Waals surface area contributed by atoms with E-state index in [1.54, 1.807) is 24.4 Å². The van der Waals surface area contributed by atoms with Crippen LogP contribution in [0.3, 0.4) is 0 Å². The van der Waals surface area contributed by atoms with Crippen LogP contribution in [0.5, 0.6) is 0 Å². The zero-order chi connectivity index (χ0) is 19.7. The molecule has 6 nitrogen and oxygen atoms in total. The second kappa shape index (κ2) is 7.42.